The molecular weight excluding hydrogens is 407 g/mol. The standard InChI is InChI=1S/C20H18F3NO4S/c1-12-8-16(6-7-18(12)27-10-19(25)26)29-11-15-9-17(24-28-15)13-2-4-14(5-3-13)20(21,22)23/h2-9,17,24H,10-11H2,1H3,(H,25,26). The average molecular weight is 425 g/mol. The zero-order chi connectivity index (χ0) is 21.0. The highest BCUT2D eigenvalue weighted by atomic mass is 32.2. The number of alkyl halides is 3. The lowest BCUT2D eigenvalue weighted by atomic mass is 10.1. The number of ether oxygens (including phenoxy) is 1. The first kappa shape index (κ1) is 21.1. The minimum absolute atomic E-state index is 0.318. The molecule has 0 amide bonds. The van der Waals surface area contributed by atoms with Crippen LogP contribution in [0.15, 0.2) is 59.2 Å². The molecule has 0 aliphatic carbocycles. The lowest BCUT2D eigenvalue weighted by molar-refractivity contribution is -0.139. The van der Waals surface area contributed by atoms with Gasteiger partial charge in [-0.15, -0.1) is 17.2 Å². The lowest BCUT2D eigenvalue weighted by Gasteiger charge is -2.10. The van der Waals surface area contributed by atoms with Gasteiger partial charge in [0.1, 0.15) is 11.5 Å². The van der Waals surface area contributed by atoms with Gasteiger partial charge in [-0.05, 0) is 54.5 Å². The van der Waals surface area contributed by atoms with Crippen LogP contribution in [0, 0.1) is 6.92 Å². The number of carbonyl (C=O) groups is 1. The summed E-state index contributed by atoms with van der Waals surface area (Å²) in [6.07, 6.45) is -2.53. The van der Waals surface area contributed by atoms with Gasteiger partial charge < -0.3 is 14.7 Å². The van der Waals surface area contributed by atoms with Crippen LogP contribution in [0.1, 0.15) is 22.7 Å². The van der Waals surface area contributed by atoms with Gasteiger partial charge in [-0.1, -0.05) is 12.1 Å². The Kier molecular flexibility index (Phi) is 6.39. The van der Waals surface area contributed by atoms with Gasteiger partial charge in [0.15, 0.2) is 6.61 Å². The molecule has 0 aromatic heterocycles. The molecule has 1 heterocycles. The summed E-state index contributed by atoms with van der Waals surface area (Å²) in [5, 5.41) is 8.67. The molecular formula is C20H18F3NO4S. The van der Waals surface area contributed by atoms with E-state index in [0.29, 0.717) is 22.8 Å². The highest BCUT2D eigenvalue weighted by molar-refractivity contribution is 7.99. The van der Waals surface area contributed by atoms with E-state index in [9.17, 15) is 18.0 Å². The molecule has 0 radical (unpaired) electrons. The summed E-state index contributed by atoms with van der Waals surface area (Å²) in [4.78, 5) is 17.0. The molecule has 0 saturated heterocycles. The fourth-order valence-corrected chi connectivity index (χ4v) is 3.57. The minimum Gasteiger partial charge on any atom is -0.482 e. The molecule has 0 fully saturated rings. The van der Waals surface area contributed by atoms with Gasteiger partial charge in [0.2, 0.25) is 0 Å². The maximum Gasteiger partial charge on any atom is 0.416 e. The van der Waals surface area contributed by atoms with Crippen LogP contribution in [0.5, 0.6) is 5.75 Å². The summed E-state index contributed by atoms with van der Waals surface area (Å²) in [5.41, 5.74) is 3.61. The normalized spacial score (nSPS) is 16.3. The number of carboxylic acids is 1. The van der Waals surface area contributed by atoms with Crippen molar-refractivity contribution in [1.82, 2.24) is 5.48 Å². The molecule has 0 bridgehead atoms. The Labute approximate surface area is 169 Å². The van der Waals surface area contributed by atoms with E-state index >= 15 is 0 Å². The maximum atomic E-state index is 12.7. The van der Waals surface area contributed by atoms with Crippen molar-refractivity contribution >= 4 is 17.7 Å². The predicted octanol–water partition coefficient (Wildman–Crippen LogP) is 4.73. The average Bonchev–Trinajstić information content (AvgIpc) is 3.14. The van der Waals surface area contributed by atoms with E-state index in [2.05, 4.69) is 5.48 Å². The van der Waals surface area contributed by atoms with Crippen molar-refractivity contribution in [2.75, 3.05) is 12.4 Å². The van der Waals surface area contributed by atoms with Crippen molar-refractivity contribution in [2.24, 2.45) is 0 Å². The Balaban J connectivity index is 1.58. The van der Waals surface area contributed by atoms with Crippen LogP contribution < -0.4 is 10.2 Å². The highest BCUT2D eigenvalue weighted by Gasteiger charge is 2.30. The first-order valence-electron chi connectivity index (χ1n) is 8.60. The second kappa shape index (κ2) is 8.79. The number of hydrogen-bond donors (Lipinski definition) is 2. The number of aryl methyl sites for hydroxylation is 1. The van der Waals surface area contributed by atoms with Crippen LogP contribution in [-0.2, 0) is 15.8 Å². The molecule has 1 atom stereocenters. The number of rotatable bonds is 7. The minimum atomic E-state index is -4.36. The molecule has 1 unspecified atom stereocenters. The number of thioether (sulfide) groups is 1. The van der Waals surface area contributed by atoms with E-state index in [1.165, 1.54) is 23.9 Å². The first-order chi connectivity index (χ1) is 13.7. The van der Waals surface area contributed by atoms with Gasteiger partial charge in [0, 0.05) is 4.90 Å². The summed E-state index contributed by atoms with van der Waals surface area (Å²) in [7, 11) is 0. The molecule has 29 heavy (non-hydrogen) atoms. The summed E-state index contributed by atoms with van der Waals surface area (Å²) in [6.45, 7) is 1.43. The number of hydrogen-bond acceptors (Lipinski definition) is 5. The highest BCUT2D eigenvalue weighted by Crippen LogP contribution is 2.32. The molecule has 1 aliphatic rings. The summed E-state index contributed by atoms with van der Waals surface area (Å²) in [6, 6.07) is 10.1. The Hall–Kier alpha value is -2.65. The van der Waals surface area contributed by atoms with Crippen LogP contribution in [0.4, 0.5) is 13.2 Å². The monoisotopic (exact) mass is 425 g/mol. The zero-order valence-electron chi connectivity index (χ0n) is 15.3. The largest absolute Gasteiger partial charge is 0.482 e. The smallest absolute Gasteiger partial charge is 0.416 e. The Morgan fingerprint density at radius 2 is 1.97 bits per heavy atom. The molecule has 0 saturated carbocycles. The Morgan fingerprint density at radius 3 is 2.59 bits per heavy atom. The number of aliphatic carboxylic acids is 1. The molecule has 3 rings (SSSR count). The van der Waals surface area contributed by atoms with Crippen molar-refractivity contribution in [3.8, 4) is 5.75 Å². The van der Waals surface area contributed by atoms with Crippen molar-refractivity contribution in [1.29, 1.82) is 0 Å². The molecule has 9 heteroatoms. The molecule has 154 valence electrons. The van der Waals surface area contributed by atoms with Crippen LogP contribution in [0.3, 0.4) is 0 Å². The Morgan fingerprint density at radius 1 is 1.24 bits per heavy atom. The molecule has 5 nitrogen and oxygen atoms in total. The van der Waals surface area contributed by atoms with E-state index in [1.54, 1.807) is 6.07 Å². The third-order valence-electron chi connectivity index (χ3n) is 4.15. The number of halogens is 3. The number of carboxylic acid groups (broad SMARTS) is 1. The lowest BCUT2D eigenvalue weighted by Crippen LogP contribution is -2.13. The van der Waals surface area contributed by atoms with Crippen LogP contribution in [-0.4, -0.2) is 23.4 Å². The van der Waals surface area contributed by atoms with Gasteiger partial charge >= 0.3 is 12.1 Å². The van der Waals surface area contributed by atoms with Gasteiger partial charge in [-0.2, -0.15) is 13.2 Å². The SMILES string of the molecule is Cc1cc(SCC2=CC(c3ccc(C(F)(F)F)cc3)NO2)ccc1OCC(=O)O. The van der Waals surface area contributed by atoms with Crippen LogP contribution in [0.25, 0.3) is 0 Å². The topological polar surface area (TPSA) is 67.8 Å². The quantitative estimate of drug-likeness (QED) is 0.626. The summed E-state index contributed by atoms with van der Waals surface area (Å²) >= 11 is 1.51. The second-order valence-electron chi connectivity index (χ2n) is 6.35. The first-order valence-corrected chi connectivity index (χ1v) is 9.59. The molecule has 2 aromatic carbocycles. The van der Waals surface area contributed by atoms with E-state index in [-0.39, 0.29) is 6.04 Å². The van der Waals surface area contributed by atoms with Crippen molar-refractivity contribution in [3.63, 3.8) is 0 Å². The van der Waals surface area contributed by atoms with Gasteiger partial charge in [0.25, 0.3) is 0 Å². The Bertz CT molecular complexity index is 913. The van der Waals surface area contributed by atoms with Crippen LogP contribution >= 0.6 is 11.8 Å². The molecule has 0 spiro atoms. The van der Waals surface area contributed by atoms with E-state index < -0.39 is 24.3 Å². The molecule has 2 aromatic rings. The fraction of sp³-hybridized carbons (Fsp3) is 0.250. The van der Waals surface area contributed by atoms with E-state index in [4.69, 9.17) is 14.7 Å². The summed E-state index contributed by atoms with van der Waals surface area (Å²) in [5.74, 6) is 0.669. The van der Waals surface area contributed by atoms with E-state index in [0.717, 1.165) is 22.6 Å². The number of hydroxylamine groups is 1. The maximum absolute atomic E-state index is 12.7. The van der Waals surface area contributed by atoms with Crippen molar-refractivity contribution < 1.29 is 32.6 Å². The molecule has 1 aliphatic heterocycles. The third-order valence-corrected chi connectivity index (χ3v) is 5.16. The summed E-state index contributed by atoms with van der Waals surface area (Å²) < 4.78 is 43.2. The fourth-order valence-electron chi connectivity index (χ4n) is 2.68. The van der Waals surface area contributed by atoms with Gasteiger partial charge in [-0.25, -0.2) is 4.79 Å². The zero-order valence-corrected chi connectivity index (χ0v) is 16.1. The van der Waals surface area contributed by atoms with E-state index in [1.807, 2.05) is 25.1 Å². The van der Waals surface area contributed by atoms with Gasteiger partial charge in [0.05, 0.1) is 17.4 Å². The number of benzene rings is 2. The number of nitrogens with one attached hydrogen (secondary N) is 1. The molecule has 2 N–H and O–H groups in total. The predicted molar refractivity (Wildman–Crippen MR) is 102 cm³/mol. The second-order valence-corrected chi connectivity index (χ2v) is 7.40. The van der Waals surface area contributed by atoms with Gasteiger partial charge in [-0.3, -0.25) is 0 Å². The third kappa shape index (κ3) is 5.68. The van der Waals surface area contributed by atoms with Crippen LogP contribution in [0.2, 0.25) is 0 Å². The van der Waals surface area contributed by atoms with Crippen molar-refractivity contribution in [3.05, 3.63) is 71.0 Å². The van der Waals surface area contributed by atoms with Crippen molar-refractivity contribution in [2.45, 2.75) is 24.0 Å².